The first kappa shape index (κ1) is 102. The molecule has 3 saturated heterocycles. The van der Waals surface area contributed by atoms with Gasteiger partial charge in [0.2, 0.25) is 17.4 Å². The van der Waals surface area contributed by atoms with E-state index in [1.807, 2.05) is 370 Å². The summed E-state index contributed by atoms with van der Waals surface area (Å²) < 4.78 is 158. The van der Waals surface area contributed by atoms with Crippen molar-refractivity contribution in [3.63, 3.8) is 0 Å². The van der Waals surface area contributed by atoms with Crippen molar-refractivity contribution in [3.8, 4) is 0 Å². The molecule has 0 unspecified atom stereocenters. The minimum absolute atomic E-state index is 0.00641. The Balaban J connectivity index is 0.967. The Kier molecular flexibility index (Phi) is 41.4. The average Bonchev–Trinajstić information content (AvgIpc) is 0.731. The standard InChI is InChI=1S/C116H130O22/c1-2-3-40-66-133-115(112(131-82-100-61-36-14-37-62-100)109(128-79-97-55-30-11-31-56-97)106(125-76-94-49-24-8-25-50-94)103(137-115)85-122-73-91-43-18-5-19-44-91)88-135-116(113(132-83-101-63-38-15-39-64-101)110(129-80-98-57-32-12-33-58-98)107(126-77-95-51-26-9-27-52-95)104(138-116)86-123-74-92-45-20-6-21-46-92)89-134-114(87-120-71-70-119-69-68-118-67-65-117)111(130-81-99-59-34-13-35-60-99)108(127-78-96-53-28-10-29-54-96)105(124-75-93-47-22-7-23-48-93)102(136-114)84-121-72-90-41-16-4-17-42-90/h2,4-39,41-64,102-113,117H,1,3,40,65-89H2/t102-,103-,104-,105+,106+,107+,108+,109+,110+,111-,112-,113-,114+,115+,116+/m1/s1. The van der Waals surface area contributed by atoms with Crippen molar-refractivity contribution < 1.29 is 105 Å². The van der Waals surface area contributed by atoms with E-state index in [1.54, 1.807) is 0 Å². The second kappa shape index (κ2) is 56.1. The zero-order chi connectivity index (χ0) is 94.4. The average molecular weight is 1880 g/mol. The van der Waals surface area contributed by atoms with Crippen LogP contribution in [0.4, 0.5) is 0 Å². The van der Waals surface area contributed by atoms with Crippen LogP contribution in [0.5, 0.6) is 0 Å². The molecule has 15 rings (SSSR count). The second-order valence-corrected chi connectivity index (χ2v) is 34.5. The summed E-state index contributed by atoms with van der Waals surface area (Å²) in [6.45, 7) is 3.94. The first-order valence-electron chi connectivity index (χ1n) is 47.9. The molecule has 0 radical (unpaired) electrons. The fourth-order valence-corrected chi connectivity index (χ4v) is 17.2. The third-order valence-corrected chi connectivity index (χ3v) is 24.2. The van der Waals surface area contributed by atoms with Crippen LogP contribution in [0.2, 0.25) is 0 Å². The lowest BCUT2D eigenvalue weighted by Crippen LogP contribution is -2.74. The van der Waals surface area contributed by atoms with E-state index in [4.69, 9.17) is 99.5 Å². The number of hydrogen-bond acceptors (Lipinski definition) is 22. The molecule has 0 saturated carbocycles. The van der Waals surface area contributed by atoms with Gasteiger partial charge in [0.1, 0.15) is 93.1 Å². The van der Waals surface area contributed by atoms with Crippen LogP contribution in [0.3, 0.4) is 0 Å². The van der Waals surface area contributed by atoms with Crippen LogP contribution >= 0.6 is 0 Å². The van der Waals surface area contributed by atoms with Gasteiger partial charge in [0.15, 0.2) is 0 Å². The zero-order valence-electron chi connectivity index (χ0n) is 78.5. The lowest BCUT2D eigenvalue weighted by atomic mass is 9.89. The smallest absolute Gasteiger partial charge is 0.222 e. The summed E-state index contributed by atoms with van der Waals surface area (Å²) >= 11 is 0. The van der Waals surface area contributed by atoms with Gasteiger partial charge in [-0.3, -0.25) is 0 Å². The van der Waals surface area contributed by atoms with Crippen LogP contribution in [0.1, 0.15) is 79.6 Å². The second-order valence-electron chi connectivity index (χ2n) is 34.5. The monoisotopic (exact) mass is 1870 g/mol. The SMILES string of the molecule is C=CCCCO[C@@]1(CO[C@@]2(CO[C@@]3(COCCOCCOCCO)O[C@H](COCc4ccccc4)[C@H](OCc4ccccc4)[C@H](OCc4ccccc4)[C@H]3OCc3ccccc3)O[C@H](COCc3ccccc3)[C@H](OCc3ccccc3)[C@H](OCc3ccccc3)[C@H]2OCc2ccccc2)O[C@H](COCc2ccccc2)[C@H](OCc2ccccc2)[C@H](OCc2ccccc2)[C@H]1OCc1ccccc1. The van der Waals surface area contributed by atoms with E-state index in [1.165, 1.54) is 0 Å². The zero-order valence-corrected chi connectivity index (χ0v) is 78.5. The van der Waals surface area contributed by atoms with Gasteiger partial charge < -0.3 is 105 Å². The van der Waals surface area contributed by atoms with Gasteiger partial charge in [-0.25, -0.2) is 0 Å². The Morgan fingerprint density at radius 2 is 0.435 bits per heavy atom. The highest BCUT2D eigenvalue weighted by Crippen LogP contribution is 2.47. The summed E-state index contributed by atoms with van der Waals surface area (Å²) in [6, 6.07) is 120. The van der Waals surface area contributed by atoms with Crippen molar-refractivity contribution >= 4 is 0 Å². The van der Waals surface area contributed by atoms with Crippen molar-refractivity contribution in [2.45, 2.75) is 183 Å². The topological polar surface area (TPSA) is 214 Å². The van der Waals surface area contributed by atoms with Gasteiger partial charge >= 0.3 is 0 Å². The fourth-order valence-electron chi connectivity index (χ4n) is 17.2. The van der Waals surface area contributed by atoms with Crippen LogP contribution in [-0.4, -0.2) is 182 Å². The number of aliphatic hydroxyl groups excluding tert-OH is 1. The van der Waals surface area contributed by atoms with E-state index in [-0.39, 0.29) is 152 Å². The maximum atomic E-state index is 9.69. The van der Waals surface area contributed by atoms with Crippen LogP contribution in [-0.2, 0) is 179 Å². The van der Waals surface area contributed by atoms with E-state index < -0.39 is 104 Å². The number of unbranched alkanes of at least 4 members (excludes halogenated alkanes) is 1. The molecule has 12 aromatic carbocycles. The first-order valence-corrected chi connectivity index (χ1v) is 47.9. The lowest BCUT2D eigenvalue weighted by molar-refractivity contribution is -0.451. The predicted molar refractivity (Wildman–Crippen MR) is 523 cm³/mol. The number of hydrogen-bond donors (Lipinski definition) is 1. The fraction of sp³-hybridized carbons (Fsp3) is 0.362. The summed E-state index contributed by atoms with van der Waals surface area (Å²) in [5.74, 6) is -6.61. The molecular formula is C116H130O22. The van der Waals surface area contributed by atoms with E-state index in [0.717, 1.165) is 66.8 Å². The van der Waals surface area contributed by atoms with Gasteiger partial charge in [-0.2, -0.15) is 0 Å². The normalized spacial score (nSPS) is 23.1. The molecule has 15 atom stereocenters. The maximum absolute atomic E-state index is 9.69. The highest BCUT2D eigenvalue weighted by Gasteiger charge is 2.66. The molecule has 0 aliphatic carbocycles. The Labute approximate surface area is 812 Å². The third kappa shape index (κ3) is 31.0. The van der Waals surface area contributed by atoms with Crippen LogP contribution in [0.25, 0.3) is 0 Å². The molecule has 22 heteroatoms. The number of ether oxygens (including phenoxy) is 21. The lowest BCUT2D eigenvalue weighted by Gasteiger charge is -2.56. The molecule has 0 amide bonds. The van der Waals surface area contributed by atoms with E-state index >= 15 is 0 Å². The van der Waals surface area contributed by atoms with Gasteiger partial charge in [-0.15, -0.1) is 6.58 Å². The van der Waals surface area contributed by atoms with Crippen LogP contribution in [0.15, 0.2) is 377 Å². The van der Waals surface area contributed by atoms with Crippen molar-refractivity contribution in [2.24, 2.45) is 0 Å². The molecule has 3 heterocycles. The molecular weight excluding hydrogens is 1750 g/mol. The summed E-state index contributed by atoms with van der Waals surface area (Å²) in [7, 11) is 0. The molecule has 726 valence electrons. The van der Waals surface area contributed by atoms with Crippen molar-refractivity contribution in [2.75, 3.05) is 85.9 Å². The predicted octanol–water partition coefficient (Wildman–Crippen LogP) is 19.2. The Morgan fingerprint density at radius 1 is 0.225 bits per heavy atom. The van der Waals surface area contributed by atoms with Gasteiger partial charge in [-0.1, -0.05) is 370 Å². The molecule has 0 spiro atoms. The molecule has 138 heavy (non-hydrogen) atoms. The number of rotatable bonds is 60. The van der Waals surface area contributed by atoms with Crippen molar-refractivity contribution in [3.05, 3.63) is 443 Å². The number of benzene rings is 12. The van der Waals surface area contributed by atoms with E-state index in [9.17, 15) is 5.11 Å². The van der Waals surface area contributed by atoms with Gasteiger partial charge in [0, 0.05) is 0 Å². The molecule has 22 nitrogen and oxygen atoms in total. The Bertz CT molecular complexity index is 5260. The quantitative estimate of drug-likeness (QED) is 0.0277. The summed E-state index contributed by atoms with van der Waals surface area (Å²) in [6.07, 6.45) is -10.8. The Hall–Kier alpha value is -10.5. The number of aliphatic hydroxyl groups is 1. The minimum Gasteiger partial charge on any atom is -0.394 e. The highest BCUT2D eigenvalue weighted by atomic mass is 16.8. The number of allylic oxidation sites excluding steroid dienone is 1. The molecule has 3 aliphatic rings. The Morgan fingerprint density at radius 3 is 0.681 bits per heavy atom. The molecule has 12 aromatic rings. The summed E-state index contributed by atoms with van der Waals surface area (Å²) in [5, 5.41) is 9.69. The molecule has 3 fully saturated rings. The van der Waals surface area contributed by atoms with Gasteiger partial charge in [0.05, 0.1) is 145 Å². The summed E-state index contributed by atoms with van der Waals surface area (Å²) in [4.78, 5) is 0. The van der Waals surface area contributed by atoms with Crippen LogP contribution in [0, 0.1) is 0 Å². The largest absolute Gasteiger partial charge is 0.394 e. The van der Waals surface area contributed by atoms with E-state index in [2.05, 4.69) is 6.58 Å². The molecule has 0 bridgehead atoms. The highest BCUT2D eigenvalue weighted by molar-refractivity contribution is 5.24. The molecule has 1 N–H and O–H groups in total. The molecule has 3 aliphatic heterocycles. The van der Waals surface area contributed by atoms with Gasteiger partial charge in [-0.05, 0) is 79.6 Å². The van der Waals surface area contributed by atoms with Gasteiger partial charge in [0.25, 0.3) is 0 Å². The summed E-state index contributed by atoms with van der Waals surface area (Å²) in [5.41, 5.74) is 10.5. The first-order chi connectivity index (χ1) is 68.3. The van der Waals surface area contributed by atoms with Crippen LogP contribution < -0.4 is 0 Å². The minimum atomic E-state index is -2.35. The molecule has 0 aromatic heterocycles. The van der Waals surface area contributed by atoms with Crippen molar-refractivity contribution in [1.29, 1.82) is 0 Å². The maximum Gasteiger partial charge on any atom is 0.222 e. The van der Waals surface area contributed by atoms with Crippen molar-refractivity contribution in [1.82, 2.24) is 0 Å². The third-order valence-electron chi connectivity index (χ3n) is 24.2. The van der Waals surface area contributed by atoms with E-state index in [0.29, 0.717) is 12.8 Å².